The molecule has 0 unspecified atom stereocenters. The third kappa shape index (κ3) is 2.58. The first-order chi connectivity index (χ1) is 12.0. The first-order valence-corrected chi connectivity index (χ1v) is 8.14. The molecule has 1 aliphatic rings. The van der Waals surface area contributed by atoms with Crippen molar-refractivity contribution in [1.29, 1.82) is 0 Å². The second-order valence-corrected chi connectivity index (χ2v) is 6.24. The molecule has 0 fully saturated rings. The first-order valence-electron chi connectivity index (χ1n) is 8.14. The van der Waals surface area contributed by atoms with Crippen LogP contribution in [0.2, 0.25) is 0 Å². The molecule has 5 heteroatoms. The minimum Gasteiger partial charge on any atom is -0.488 e. The lowest BCUT2D eigenvalue weighted by atomic mass is 9.98. The van der Waals surface area contributed by atoms with Gasteiger partial charge < -0.3 is 9.26 Å². The van der Waals surface area contributed by atoms with Gasteiger partial charge in [0.05, 0.1) is 5.56 Å². The fraction of sp³-hybridized carbons (Fsp3) is 0.200. The monoisotopic (exact) mass is 334 g/mol. The minimum atomic E-state index is 0.0175. The van der Waals surface area contributed by atoms with Crippen molar-refractivity contribution in [3.8, 4) is 11.6 Å². The van der Waals surface area contributed by atoms with Gasteiger partial charge in [0, 0.05) is 23.0 Å². The number of ketones is 1. The fourth-order valence-corrected chi connectivity index (χ4v) is 3.21. The van der Waals surface area contributed by atoms with Gasteiger partial charge in [0.15, 0.2) is 11.6 Å². The number of ether oxygens (including phenoxy) is 1. The fourth-order valence-electron chi connectivity index (χ4n) is 3.21. The molecule has 25 heavy (non-hydrogen) atoms. The number of para-hydroxylation sites is 1. The summed E-state index contributed by atoms with van der Waals surface area (Å²) >= 11 is 0. The lowest BCUT2D eigenvalue weighted by Gasteiger charge is -2.18. The van der Waals surface area contributed by atoms with Crippen LogP contribution in [-0.2, 0) is 0 Å². The van der Waals surface area contributed by atoms with E-state index in [0.29, 0.717) is 16.9 Å². The third-order valence-electron chi connectivity index (χ3n) is 4.45. The number of Topliss-reactive ketones (excluding diaryl/α,β-unsaturated/α-hetero) is 1. The smallest absolute Gasteiger partial charge is 0.196 e. The Morgan fingerprint density at radius 3 is 2.72 bits per heavy atom. The van der Waals surface area contributed by atoms with Gasteiger partial charge in [-0.1, -0.05) is 17.3 Å². The van der Waals surface area contributed by atoms with E-state index in [1.807, 2.05) is 61.7 Å². The molecule has 0 N–H and O–H groups in total. The average molecular weight is 334 g/mol. The Morgan fingerprint density at radius 2 is 1.96 bits per heavy atom. The van der Waals surface area contributed by atoms with E-state index in [0.717, 1.165) is 28.5 Å². The number of carbonyl (C=O) groups is 1. The standard InChI is InChI=1S/C20H18N2O3/c1-12-8-15(14(3)22(12)19-9-13(2)25-21-19)10-16-11-24-18-7-5-4-6-17(18)20(16)23/h4-10H,11H2,1-3H3/b16-10+. The summed E-state index contributed by atoms with van der Waals surface area (Å²) in [6, 6.07) is 11.3. The number of rotatable bonds is 2. The van der Waals surface area contributed by atoms with Gasteiger partial charge in [0.1, 0.15) is 18.1 Å². The highest BCUT2D eigenvalue weighted by atomic mass is 16.5. The summed E-state index contributed by atoms with van der Waals surface area (Å²) < 4.78 is 12.9. The molecule has 1 aromatic carbocycles. The summed E-state index contributed by atoms with van der Waals surface area (Å²) in [4.78, 5) is 12.7. The number of aromatic nitrogens is 2. The van der Waals surface area contributed by atoms with Crippen LogP contribution in [0.1, 0.15) is 33.1 Å². The summed E-state index contributed by atoms with van der Waals surface area (Å²) in [6.45, 7) is 6.16. The zero-order chi connectivity index (χ0) is 17.6. The molecule has 0 aliphatic carbocycles. The number of nitrogens with zero attached hydrogens (tertiary/aromatic N) is 2. The zero-order valence-electron chi connectivity index (χ0n) is 14.4. The van der Waals surface area contributed by atoms with Crippen LogP contribution in [0.3, 0.4) is 0 Å². The molecular formula is C20H18N2O3. The number of hydrogen-bond donors (Lipinski definition) is 0. The van der Waals surface area contributed by atoms with Gasteiger partial charge in [-0.3, -0.25) is 9.36 Å². The number of carbonyl (C=O) groups excluding carboxylic acids is 1. The Morgan fingerprint density at radius 1 is 1.16 bits per heavy atom. The van der Waals surface area contributed by atoms with Gasteiger partial charge in [-0.15, -0.1) is 0 Å². The maximum absolute atomic E-state index is 12.7. The van der Waals surface area contributed by atoms with Crippen LogP contribution < -0.4 is 4.74 Å². The second-order valence-electron chi connectivity index (χ2n) is 6.24. The van der Waals surface area contributed by atoms with E-state index in [1.54, 1.807) is 6.07 Å². The molecule has 0 saturated heterocycles. The van der Waals surface area contributed by atoms with E-state index < -0.39 is 0 Å². The summed E-state index contributed by atoms with van der Waals surface area (Å²) in [7, 11) is 0. The van der Waals surface area contributed by atoms with Crippen LogP contribution in [0.15, 0.2) is 46.5 Å². The highest BCUT2D eigenvalue weighted by molar-refractivity contribution is 6.14. The third-order valence-corrected chi connectivity index (χ3v) is 4.45. The molecule has 0 spiro atoms. The van der Waals surface area contributed by atoms with E-state index in [4.69, 9.17) is 9.26 Å². The van der Waals surface area contributed by atoms with Gasteiger partial charge >= 0.3 is 0 Å². The van der Waals surface area contributed by atoms with Crippen molar-refractivity contribution in [2.45, 2.75) is 20.8 Å². The van der Waals surface area contributed by atoms with Crippen LogP contribution in [0.5, 0.6) is 5.75 Å². The van der Waals surface area contributed by atoms with Gasteiger partial charge in [-0.05, 0) is 50.6 Å². The van der Waals surface area contributed by atoms with Crippen LogP contribution in [-0.4, -0.2) is 22.1 Å². The van der Waals surface area contributed by atoms with Crippen LogP contribution in [0, 0.1) is 20.8 Å². The Balaban J connectivity index is 1.75. The predicted octanol–water partition coefficient (Wildman–Crippen LogP) is 4.05. The number of fused-ring (bicyclic) bond motifs is 1. The summed E-state index contributed by atoms with van der Waals surface area (Å²) in [5, 5.41) is 4.09. The lowest BCUT2D eigenvalue weighted by Crippen LogP contribution is -2.18. The molecule has 2 aromatic heterocycles. The summed E-state index contributed by atoms with van der Waals surface area (Å²) in [5.41, 5.74) is 4.27. The van der Waals surface area contributed by atoms with Gasteiger partial charge in [-0.25, -0.2) is 0 Å². The van der Waals surface area contributed by atoms with Crippen molar-refractivity contribution in [1.82, 2.24) is 9.72 Å². The van der Waals surface area contributed by atoms with Crippen molar-refractivity contribution >= 4 is 11.9 Å². The van der Waals surface area contributed by atoms with Crippen molar-refractivity contribution in [3.63, 3.8) is 0 Å². The Bertz CT molecular complexity index is 1010. The highest BCUT2D eigenvalue weighted by Gasteiger charge is 2.23. The molecule has 1 aliphatic heterocycles. The van der Waals surface area contributed by atoms with Crippen LogP contribution in [0.25, 0.3) is 11.9 Å². The average Bonchev–Trinajstić information content (AvgIpc) is 3.13. The van der Waals surface area contributed by atoms with E-state index in [-0.39, 0.29) is 12.4 Å². The van der Waals surface area contributed by atoms with E-state index in [2.05, 4.69) is 5.16 Å². The van der Waals surface area contributed by atoms with E-state index in [9.17, 15) is 4.79 Å². The van der Waals surface area contributed by atoms with Gasteiger partial charge in [-0.2, -0.15) is 0 Å². The van der Waals surface area contributed by atoms with E-state index in [1.165, 1.54) is 0 Å². The largest absolute Gasteiger partial charge is 0.488 e. The normalized spacial score (nSPS) is 15.3. The quantitative estimate of drug-likeness (QED) is 0.664. The molecule has 5 nitrogen and oxygen atoms in total. The molecular weight excluding hydrogens is 316 g/mol. The number of hydrogen-bond acceptors (Lipinski definition) is 4. The molecule has 0 radical (unpaired) electrons. The molecule has 0 atom stereocenters. The molecule has 0 amide bonds. The molecule has 3 heterocycles. The Labute approximate surface area is 145 Å². The van der Waals surface area contributed by atoms with Gasteiger partial charge in [0.25, 0.3) is 0 Å². The predicted molar refractivity (Wildman–Crippen MR) is 94.3 cm³/mol. The summed E-state index contributed by atoms with van der Waals surface area (Å²) in [6.07, 6.45) is 1.91. The zero-order valence-corrected chi connectivity index (χ0v) is 14.4. The highest BCUT2D eigenvalue weighted by Crippen LogP contribution is 2.29. The van der Waals surface area contributed by atoms with Crippen LogP contribution in [0.4, 0.5) is 0 Å². The maximum atomic E-state index is 12.7. The molecule has 126 valence electrons. The Hall–Kier alpha value is -3.08. The van der Waals surface area contributed by atoms with Gasteiger partial charge in [0.2, 0.25) is 0 Å². The number of aryl methyl sites for hydroxylation is 2. The van der Waals surface area contributed by atoms with Crippen molar-refractivity contribution in [2.75, 3.05) is 6.61 Å². The van der Waals surface area contributed by atoms with Crippen LogP contribution >= 0.6 is 0 Å². The minimum absolute atomic E-state index is 0.0175. The topological polar surface area (TPSA) is 57.3 Å². The van der Waals surface area contributed by atoms with Crippen molar-refractivity contribution in [3.05, 3.63) is 70.2 Å². The molecule has 0 saturated carbocycles. The summed E-state index contributed by atoms with van der Waals surface area (Å²) in [5.74, 6) is 2.17. The van der Waals surface area contributed by atoms with E-state index >= 15 is 0 Å². The Kier molecular flexibility index (Phi) is 3.57. The lowest BCUT2D eigenvalue weighted by molar-refractivity contribution is 0.100. The van der Waals surface area contributed by atoms with Crippen molar-refractivity contribution in [2.24, 2.45) is 0 Å². The molecule has 3 aromatic rings. The van der Waals surface area contributed by atoms with Crippen molar-refractivity contribution < 1.29 is 14.1 Å². The maximum Gasteiger partial charge on any atom is 0.196 e. The molecule has 4 rings (SSSR count). The first kappa shape index (κ1) is 15.4. The molecule has 0 bridgehead atoms. The SMILES string of the molecule is Cc1cc(-n2c(C)cc(/C=C3\COc4ccccc4C3=O)c2C)no1. The number of benzene rings is 1. The second kappa shape index (κ2) is 5.77.